The lowest BCUT2D eigenvalue weighted by Gasteiger charge is -2.37. The van der Waals surface area contributed by atoms with Gasteiger partial charge in [0.05, 0.1) is 0 Å². The standard InChI is InChI=1S/C18H30N2/c1-6-19-18(16-9-7-12(2)13(3)11-16)17-10-8-14(4)20-15(17)5/h8,10,12-13,16,18-19H,6-7,9,11H2,1-5H3. The number of nitrogens with zero attached hydrogens (tertiary/aromatic N) is 1. The van der Waals surface area contributed by atoms with Crippen LogP contribution in [0.4, 0.5) is 0 Å². The molecule has 1 aromatic rings. The third-order valence-corrected chi connectivity index (χ3v) is 5.14. The molecule has 2 heteroatoms. The van der Waals surface area contributed by atoms with Crippen LogP contribution in [0.1, 0.15) is 63.0 Å². The molecule has 2 nitrogen and oxygen atoms in total. The molecular formula is C18H30N2. The van der Waals surface area contributed by atoms with E-state index in [1.54, 1.807) is 0 Å². The molecule has 0 radical (unpaired) electrons. The molecule has 1 aliphatic carbocycles. The van der Waals surface area contributed by atoms with E-state index < -0.39 is 0 Å². The van der Waals surface area contributed by atoms with Crippen molar-refractivity contribution in [3.8, 4) is 0 Å². The Bertz CT molecular complexity index is 441. The molecule has 1 fully saturated rings. The quantitative estimate of drug-likeness (QED) is 0.879. The predicted octanol–water partition coefficient (Wildman–Crippen LogP) is 4.42. The summed E-state index contributed by atoms with van der Waals surface area (Å²) in [5.41, 5.74) is 3.72. The molecule has 0 saturated heterocycles. The van der Waals surface area contributed by atoms with E-state index in [1.807, 2.05) is 0 Å². The van der Waals surface area contributed by atoms with Gasteiger partial charge in [-0.1, -0.05) is 33.3 Å². The van der Waals surface area contributed by atoms with Gasteiger partial charge in [0.1, 0.15) is 0 Å². The SMILES string of the molecule is CCNC(c1ccc(C)nc1C)C1CCC(C)C(C)C1. The molecule has 0 amide bonds. The van der Waals surface area contributed by atoms with E-state index in [0.717, 1.165) is 30.0 Å². The maximum atomic E-state index is 4.67. The van der Waals surface area contributed by atoms with E-state index in [9.17, 15) is 0 Å². The number of rotatable bonds is 4. The molecule has 20 heavy (non-hydrogen) atoms. The van der Waals surface area contributed by atoms with Crippen LogP contribution in [0.5, 0.6) is 0 Å². The molecule has 1 saturated carbocycles. The summed E-state index contributed by atoms with van der Waals surface area (Å²) in [7, 11) is 0. The highest BCUT2D eigenvalue weighted by Crippen LogP contribution is 2.40. The van der Waals surface area contributed by atoms with Crippen LogP contribution in [-0.4, -0.2) is 11.5 Å². The Kier molecular flexibility index (Phi) is 5.20. The molecule has 4 unspecified atom stereocenters. The highest BCUT2D eigenvalue weighted by atomic mass is 14.9. The van der Waals surface area contributed by atoms with E-state index in [-0.39, 0.29) is 0 Å². The van der Waals surface area contributed by atoms with Crippen LogP contribution in [0, 0.1) is 31.6 Å². The topological polar surface area (TPSA) is 24.9 Å². The molecule has 0 aliphatic heterocycles. The monoisotopic (exact) mass is 274 g/mol. The van der Waals surface area contributed by atoms with E-state index in [1.165, 1.54) is 30.5 Å². The van der Waals surface area contributed by atoms with Gasteiger partial charge in [-0.25, -0.2) is 0 Å². The number of hydrogen-bond acceptors (Lipinski definition) is 2. The number of aromatic nitrogens is 1. The minimum Gasteiger partial charge on any atom is -0.310 e. The van der Waals surface area contributed by atoms with Crippen molar-refractivity contribution in [3.05, 3.63) is 29.1 Å². The first-order valence-electron chi connectivity index (χ1n) is 8.20. The largest absolute Gasteiger partial charge is 0.310 e. The van der Waals surface area contributed by atoms with Gasteiger partial charge in [0, 0.05) is 17.4 Å². The van der Waals surface area contributed by atoms with Crippen LogP contribution in [0.15, 0.2) is 12.1 Å². The van der Waals surface area contributed by atoms with Crippen LogP contribution in [0.2, 0.25) is 0 Å². The van der Waals surface area contributed by atoms with Crippen molar-refractivity contribution in [1.29, 1.82) is 0 Å². The third kappa shape index (κ3) is 3.41. The van der Waals surface area contributed by atoms with Crippen molar-refractivity contribution in [1.82, 2.24) is 10.3 Å². The zero-order valence-electron chi connectivity index (χ0n) is 13.7. The molecule has 0 spiro atoms. The molecular weight excluding hydrogens is 244 g/mol. The number of pyridine rings is 1. The Hall–Kier alpha value is -0.890. The summed E-state index contributed by atoms with van der Waals surface area (Å²) in [6.45, 7) is 12.3. The summed E-state index contributed by atoms with van der Waals surface area (Å²) in [6, 6.07) is 4.91. The average molecular weight is 274 g/mol. The lowest BCUT2D eigenvalue weighted by Crippen LogP contribution is -2.33. The summed E-state index contributed by atoms with van der Waals surface area (Å²) >= 11 is 0. The second kappa shape index (κ2) is 6.71. The fourth-order valence-electron chi connectivity index (χ4n) is 3.67. The number of aryl methyl sites for hydroxylation is 2. The first-order valence-corrected chi connectivity index (χ1v) is 8.20. The van der Waals surface area contributed by atoms with Gasteiger partial charge in [-0.05, 0) is 62.6 Å². The van der Waals surface area contributed by atoms with Gasteiger partial charge in [-0.15, -0.1) is 0 Å². The Morgan fingerprint density at radius 2 is 1.95 bits per heavy atom. The van der Waals surface area contributed by atoms with Crippen molar-refractivity contribution in [2.45, 2.75) is 59.9 Å². The summed E-state index contributed by atoms with van der Waals surface area (Å²) in [5, 5.41) is 3.72. The molecule has 0 bridgehead atoms. The lowest BCUT2D eigenvalue weighted by molar-refractivity contribution is 0.171. The van der Waals surface area contributed by atoms with Crippen LogP contribution in [-0.2, 0) is 0 Å². The van der Waals surface area contributed by atoms with Crippen molar-refractivity contribution < 1.29 is 0 Å². The zero-order chi connectivity index (χ0) is 14.7. The maximum Gasteiger partial charge on any atom is 0.0423 e. The molecule has 1 heterocycles. The number of hydrogen-bond donors (Lipinski definition) is 1. The molecule has 1 aromatic heterocycles. The second-order valence-corrected chi connectivity index (χ2v) is 6.69. The smallest absolute Gasteiger partial charge is 0.0423 e. The summed E-state index contributed by atoms with van der Waals surface area (Å²) in [5.74, 6) is 2.48. The van der Waals surface area contributed by atoms with Crippen LogP contribution >= 0.6 is 0 Å². The minimum atomic E-state index is 0.475. The van der Waals surface area contributed by atoms with E-state index >= 15 is 0 Å². The number of nitrogens with one attached hydrogen (secondary N) is 1. The van der Waals surface area contributed by atoms with Crippen LogP contribution in [0.25, 0.3) is 0 Å². The Labute approximate surface area is 124 Å². The fraction of sp³-hybridized carbons (Fsp3) is 0.722. The first-order chi connectivity index (χ1) is 9.52. The molecule has 2 rings (SSSR count). The van der Waals surface area contributed by atoms with Gasteiger partial charge in [-0.3, -0.25) is 4.98 Å². The second-order valence-electron chi connectivity index (χ2n) is 6.69. The van der Waals surface area contributed by atoms with Crippen molar-refractivity contribution in [2.24, 2.45) is 17.8 Å². The van der Waals surface area contributed by atoms with Gasteiger partial charge in [0.2, 0.25) is 0 Å². The van der Waals surface area contributed by atoms with Gasteiger partial charge >= 0.3 is 0 Å². The molecule has 0 aromatic carbocycles. The third-order valence-electron chi connectivity index (χ3n) is 5.14. The van der Waals surface area contributed by atoms with E-state index in [2.05, 4.69) is 57.1 Å². The van der Waals surface area contributed by atoms with E-state index in [0.29, 0.717) is 6.04 Å². The normalized spacial score (nSPS) is 28.4. The van der Waals surface area contributed by atoms with Crippen molar-refractivity contribution in [3.63, 3.8) is 0 Å². The van der Waals surface area contributed by atoms with Crippen molar-refractivity contribution >= 4 is 0 Å². The zero-order valence-corrected chi connectivity index (χ0v) is 13.7. The maximum absolute atomic E-state index is 4.67. The lowest BCUT2D eigenvalue weighted by atomic mass is 9.72. The summed E-state index contributed by atoms with van der Waals surface area (Å²) in [6.07, 6.45) is 4.05. The Morgan fingerprint density at radius 1 is 1.20 bits per heavy atom. The van der Waals surface area contributed by atoms with Crippen molar-refractivity contribution in [2.75, 3.05) is 6.54 Å². The highest BCUT2D eigenvalue weighted by Gasteiger charge is 2.31. The molecule has 112 valence electrons. The van der Waals surface area contributed by atoms with Crippen LogP contribution in [0.3, 0.4) is 0 Å². The Balaban J connectivity index is 2.22. The minimum absolute atomic E-state index is 0.475. The Morgan fingerprint density at radius 3 is 2.55 bits per heavy atom. The summed E-state index contributed by atoms with van der Waals surface area (Å²) in [4.78, 5) is 4.67. The van der Waals surface area contributed by atoms with Gasteiger partial charge in [-0.2, -0.15) is 0 Å². The molecule has 1 N–H and O–H groups in total. The summed E-state index contributed by atoms with van der Waals surface area (Å²) < 4.78 is 0. The van der Waals surface area contributed by atoms with Gasteiger partial charge < -0.3 is 5.32 Å². The average Bonchev–Trinajstić information content (AvgIpc) is 2.40. The predicted molar refractivity (Wildman–Crippen MR) is 85.8 cm³/mol. The first kappa shape index (κ1) is 15.5. The van der Waals surface area contributed by atoms with Gasteiger partial charge in [0.15, 0.2) is 0 Å². The van der Waals surface area contributed by atoms with Crippen LogP contribution < -0.4 is 5.32 Å². The van der Waals surface area contributed by atoms with E-state index in [4.69, 9.17) is 0 Å². The fourth-order valence-corrected chi connectivity index (χ4v) is 3.67. The molecule has 4 atom stereocenters. The van der Waals surface area contributed by atoms with Gasteiger partial charge in [0.25, 0.3) is 0 Å². The molecule has 1 aliphatic rings. The highest BCUT2D eigenvalue weighted by molar-refractivity contribution is 5.26.